The van der Waals surface area contributed by atoms with Crippen LogP contribution in [0, 0.1) is 0 Å². The fourth-order valence-electron chi connectivity index (χ4n) is 4.23. The summed E-state index contributed by atoms with van der Waals surface area (Å²) in [5, 5.41) is 7.70. The topological polar surface area (TPSA) is 18.8 Å². The summed E-state index contributed by atoms with van der Waals surface area (Å²) in [4.78, 5) is 5.28. The summed E-state index contributed by atoms with van der Waals surface area (Å²) in [6.07, 6.45) is 2.98. The third-order valence-corrected chi connectivity index (χ3v) is 7.28. The first kappa shape index (κ1) is 19.7. The molecule has 0 amide bonds. The van der Waals surface area contributed by atoms with Crippen molar-refractivity contribution >= 4 is 29.6 Å². The molecule has 1 fully saturated rings. The van der Waals surface area contributed by atoms with Crippen molar-refractivity contribution in [3.05, 3.63) is 94.5 Å². The van der Waals surface area contributed by atoms with Gasteiger partial charge in [0.1, 0.15) is 0 Å². The maximum atomic E-state index is 6.41. The molecule has 0 aromatic heterocycles. The lowest BCUT2D eigenvalue weighted by Gasteiger charge is -2.38. The summed E-state index contributed by atoms with van der Waals surface area (Å²) < 4.78 is 0. The van der Waals surface area contributed by atoms with E-state index in [9.17, 15) is 0 Å². The average molecular weight is 434 g/mol. The van der Waals surface area contributed by atoms with E-state index in [0.717, 1.165) is 43.2 Å². The largest absolute Gasteiger partial charge is 0.294 e. The molecule has 0 aliphatic carbocycles. The number of hydrogen-bond acceptors (Lipinski definition) is 4. The van der Waals surface area contributed by atoms with Crippen LogP contribution in [-0.2, 0) is 6.42 Å². The van der Waals surface area contributed by atoms with Crippen molar-refractivity contribution in [3.8, 4) is 0 Å². The number of halogens is 1. The highest BCUT2D eigenvalue weighted by atomic mass is 35.5. The van der Waals surface area contributed by atoms with Gasteiger partial charge in [-0.3, -0.25) is 9.91 Å². The minimum Gasteiger partial charge on any atom is -0.294 e. The molecule has 0 saturated carbocycles. The predicted molar refractivity (Wildman–Crippen MR) is 126 cm³/mol. The van der Waals surface area contributed by atoms with Crippen molar-refractivity contribution < 1.29 is 0 Å². The van der Waals surface area contributed by atoms with Crippen molar-refractivity contribution in [2.45, 2.75) is 22.3 Å². The van der Waals surface area contributed by atoms with Gasteiger partial charge in [0, 0.05) is 47.0 Å². The van der Waals surface area contributed by atoms with Crippen molar-refractivity contribution in [3.63, 3.8) is 0 Å². The van der Waals surface area contributed by atoms with E-state index in [1.54, 1.807) is 0 Å². The van der Waals surface area contributed by atoms with Gasteiger partial charge in [-0.2, -0.15) is 5.10 Å². The van der Waals surface area contributed by atoms with Gasteiger partial charge in [0.15, 0.2) is 0 Å². The molecule has 3 nitrogen and oxygen atoms in total. The Morgan fingerprint density at radius 3 is 2.47 bits per heavy atom. The number of piperazine rings is 1. The number of benzene rings is 3. The van der Waals surface area contributed by atoms with Gasteiger partial charge in [0.05, 0.1) is 6.21 Å². The molecule has 152 valence electrons. The fraction of sp³-hybridized carbons (Fsp3) is 0.240. The Morgan fingerprint density at radius 2 is 1.63 bits per heavy atom. The van der Waals surface area contributed by atoms with Crippen molar-refractivity contribution in [1.29, 1.82) is 0 Å². The van der Waals surface area contributed by atoms with Crippen molar-refractivity contribution in [1.82, 2.24) is 9.91 Å². The van der Waals surface area contributed by atoms with E-state index < -0.39 is 0 Å². The van der Waals surface area contributed by atoms with E-state index in [0.29, 0.717) is 6.04 Å². The third-order valence-electron chi connectivity index (χ3n) is 5.84. The SMILES string of the molecule is Clc1ccc2c(c1)[C@@H](N1CCN(/N=C\c3ccccc3)CC1)Cc1ccccc1S2. The molecule has 3 aromatic carbocycles. The second-order valence-electron chi connectivity index (χ2n) is 7.76. The molecule has 2 heterocycles. The van der Waals surface area contributed by atoms with Gasteiger partial charge in [0.2, 0.25) is 0 Å². The average Bonchev–Trinajstić information content (AvgIpc) is 2.95. The summed E-state index contributed by atoms with van der Waals surface area (Å²) in [7, 11) is 0. The highest BCUT2D eigenvalue weighted by molar-refractivity contribution is 7.99. The smallest absolute Gasteiger partial charge is 0.0542 e. The lowest BCUT2D eigenvalue weighted by Crippen LogP contribution is -2.46. The van der Waals surface area contributed by atoms with E-state index in [1.165, 1.54) is 20.9 Å². The summed E-state index contributed by atoms with van der Waals surface area (Å²) in [6.45, 7) is 3.86. The van der Waals surface area contributed by atoms with Crippen LogP contribution in [0.3, 0.4) is 0 Å². The molecule has 1 atom stereocenters. The highest BCUT2D eigenvalue weighted by Crippen LogP contribution is 2.43. The van der Waals surface area contributed by atoms with Gasteiger partial charge in [0.25, 0.3) is 0 Å². The minimum atomic E-state index is 0.343. The highest BCUT2D eigenvalue weighted by Gasteiger charge is 2.29. The van der Waals surface area contributed by atoms with Gasteiger partial charge in [-0.25, -0.2) is 0 Å². The van der Waals surface area contributed by atoms with Crippen LogP contribution >= 0.6 is 23.4 Å². The molecule has 2 aliphatic rings. The monoisotopic (exact) mass is 433 g/mol. The van der Waals surface area contributed by atoms with Gasteiger partial charge in [-0.05, 0) is 47.4 Å². The molecule has 0 bridgehead atoms. The summed E-state index contributed by atoms with van der Waals surface area (Å²) >= 11 is 8.28. The first-order valence-corrected chi connectivity index (χ1v) is 11.6. The van der Waals surface area contributed by atoms with E-state index in [4.69, 9.17) is 16.7 Å². The zero-order valence-corrected chi connectivity index (χ0v) is 18.3. The molecule has 0 spiro atoms. The van der Waals surface area contributed by atoms with Crippen molar-refractivity contribution in [2.75, 3.05) is 26.2 Å². The number of hydrogen-bond donors (Lipinski definition) is 0. The molecule has 30 heavy (non-hydrogen) atoms. The Balaban J connectivity index is 1.35. The minimum absolute atomic E-state index is 0.343. The molecule has 0 radical (unpaired) electrons. The van der Waals surface area contributed by atoms with Gasteiger partial charge < -0.3 is 0 Å². The Labute approximate surface area is 187 Å². The summed E-state index contributed by atoms with van der Waals surface area (Å²) in [6, 6.07) is 25.8. The number of hydrazone groups is 1. The standard InChI is InChI=1S/C25H24ClN3S/c26-21-10-11-25-22(17-21)23(16-20-8-4-5-9-24(20)30-25)28-12-14-29(15-13-28)27-18-19-6-2-1-3-7-19/h1-11,17-18,23H,12-16H2/b27-18-/t23-/m0/s1. The van der Waals surface area contributed by atoms with Crippen LogP contribution in [0.5, 0.6) is 0 Å². The Bertz CT molecular complexity index is 1050. The van der Waals surface area contributed by atoms with E-state index in [-0.39, 0.29) is 0 Å². The summed E-state index contributed by atoms with van der Waals surface area (Å²) in [5.41, 5.74) is 3.91. The van der Waals surface area contributed by atoms with E-state index in [2.05, 4.69) is 58.4 Å². The molecule has 0 unspecified atom stereocenters. The van der Waals surface area contributed by atoms with Gasteiger partial charge in [-0.1, -0.05) is 71.9 Å². The Morgan fingerprint density at radius 1 is 0.867 bits per heavy atom. The Hall–Kier alpha value is -2.27. The molecule has 1 saturated heterocycles. The number of nitrogens with zero attached hydrogens (tertiary/aromatic N) is 3. The van der Waals surface area contributed by atoms with Crippen LogP contribution in [0.15, 0.2) is 87.7 Å². The predicted octanol–water partition coefficient (Wildman–Crippen LogP) is 5.74. The van der Waals surface area contributed by atoms with Gasteiger partial charge in [-0.15, -0.1) is 0 Å². The maximum Gasteiger partial charge on any atom is 0.0542 e. The maximum absolute atomic E-state index is 6.41. The number of fused-ring (bicyclic) bond motifs is 2. The summed E-state index contributed by atoms with van der Waals surface area (Å²) in [5.74, 6) is 0. The molecular weight excluding hydrogens is 410 g/mol. The zero-order chi connectivity index (χ0) is 20.3. The molecule has 0 N–H and O–H groups in total. The zero-order valence-electron chi connectivity index (χ0n) is 16.7. The lowest BCUT2D eigenvalue weighted by molar-refractivity contribution is 0.0971. The first-order valence-electron chi connectivity index (χ1n) is 10.4. The van der Waals surface area contributed by atoms with E-state index in [1.807, 2.05) is 42.2 Å². The Kier molecular flexibility index (Phi) is 5.80. The quantitative estimate of drug-likeness (QED) is 0.491. The van der Waals surface area contributed by atoms with E-state index >= 15 is 0 Å². The second-order valence-corrected chi connectivity index (χ2v) is 9.28. The number of rotatable bonds is 3. The van der Waals surface area contributed by atoms with Crippen LogP contribution < -0.4 is 0 Å². The lowest BCUT2D eigenvalue weighted by atomic mass is 9.97. The molecule has 5 heteroatoms. The van der Waals surface area contributed by atoms with Crippen LogP contribution in [-0.4, -0.2) is 42.3 Å². The van der Waals surface area contributed by atoms with Crippen LogP contribution in [0.1, 0.15) is 22.7 Å². The van der Waals surface area contributed by atoms with Crippen LogP contribution in [0.4, 0.5) is 0 Å². The molecule has 2 aliphatic heterocycles. The first-order chi connectivity index (χ1) is 14.8. The molecule has 5 rings (SSSR count). The van der Waals surface area contributed by atoms with Crippen LogP contribution in [0.2, 0.25) is 5.02 Å². The molecular formula is C25H24ClN3S. The fourth-order valence-corrected chi connectivity index (χ4v) is 5.53. The normalized spacial score (nSPS) is 19.4. The van der Waals surface area contributed by atoms with Crippen LogP contribution in [0.25, 0.3) is 0 Å². The van der Waals surface area contributed by atoms with Crippen molar-refractivity contribution in [2.24, 2.45) is 5.10 Å². The van der Waals surface area contributed by atoms with Gasteiger partial charge >= 0.3 is 0 Å². The third kappa shape index (κ3) is 4.27. The molecule has 3 aromatic rings. The second kappa shape index (κ2) is 8.84.